The van der Waals surface area contributed by atoms with Crippen molar-refractivity contribution in [1.82, 2.24) is 44.2 Å². The summed E-state index contributed by atoms with van der Waals surface area (Å²) in [7, 11) is 1.99. The van der Waals surface area contributed by atoms with Gasteiger partial charge in [-0.15, -0.1) is 10.2 Å². The number of aromatic nitrogens is 8. The molecule has 0 spiro atoms. The number of piperidine rings is 1. The maximum atomic E-state index is 12.6. The zero-order chi connectivity index (χ0) is 18.6. The van der Waals surface area contributed by atoms with E-state index in [-0.39, 0.29) is 11.8 Å². The van der Waals surface area contributed by atoms with Crippen LogP contribution in [-0.2, 0) is 24.9 Å². The van der Waals surface area contributed by atoms with Crippen LogP contribution in [0.4, 0.5) is 0 Å². The van der Waals surface area contributed by atoms with E-state index in [0.717, 1.165) is 31.0 Å². The third kappa shape index (κ3) is 3.88. The van der Waals surface area contributed by atoms with E-state index in [2.05, 4.69) is 25.4 Å². The average molecular weight is 369 g/mol. The molecule has 1 aliphatic heterocycles. The van der Waals surface area contributed by atoms with Crippen LogP contribution in [0.2, 0.25) is 0 Å². The summed E-state index contributed by atoms with van der Waals surface area (Å²) in [5.74, 6) is 2.15. The molecule has 1 saturated heterocycles. The van der Waals surface area contributed by atoms with E-state index in [9.17, 15) is 4.79 Å². The number of rotatable bonds is 6. The van der Waals surface area contributed by atoms with Gasteiger partial charge in [-0.3, -0.25) is 14.2 Å². The van der Waals surface area contributed by atoms with Crippen LogP contribution < -0.4 is 0 Å². The van der Waals surface area contributed by atoms with E-state index < -0.39 is 0 Å². The number of nitrogens with zero attached hydrogens (tertiary/aromatic N) is 9. The van der Waals surface area contributed by atoms with Gasteiger partial charge in [-0.25, -0.2) is 4.98 Å². The molecule has 0 saturated carbocycles. The second kappa shape index (κ2) is 7.68. The normalized spacial score (nSPS) is 17.4. The monoisotopic (exact) mass is 369 g/mol. The first kappa shape index (κ1) is 17.4. The predicted octanol–water partition coefficient (Wildman–Crippen LogP) is 0.448. The van der Waals surface area contributed by atoms with E-state index in [1.165, 1.54) is 6.33 Å². The molecule has 1 fully saturated rings. The standard InChI is InChI=1S/C17H23N9O/c1-23-15(11-25-8-3-6-19-25)21-22-17(23)14-4-2-7-24(10-14)16(27)5-9-26-13-18-12-20-26/h3,6,8,12-14H,2,4-5,7,9-11H2,1H3/t14-/m0/s1. The van der Waals surface area contributed by atoms with Crippen molar-refractivity contribution in [2.75, 3.05) is 13.1 Å². The molecule has 0 unspecified atom stereocenters. The van der Waals surface area contributed by atoms with Gasteiger partial charge in [0, 0.05) is 44.9 Å². The molecule has 1 aliphatic rings. The number of amides is 1. The van der Waals surface area contributed by atoms with Gasteiger partial charge < -0.3 is 9.47 Å². The van der Waals surface area contributed by atoms with Crippen LogP contribution in [0, 0.1) is 0 Å². The van der Waals surface area contributed by atoms with Crippen LogP contribution in [-0.4, -0.2) is 63.2 Å². The highest BCUT2D eigenvalue weighted by Gasteiger charge is 2.28. The maximum Gasteiger partial charge on any atom is 0.224 e. The van der Waals surface area contributed by atoms with Crippen molar-refractivity contribution in [2.45, 2.75) is 38.3 Å². The fourth-order valence-electron chi connectivity index (χ4n) is 3.54. The van der Waals surface area contributed by atoms with Crippen LogP contribution in [0.5, 0.6) is 0 Å². The summed E-state index contributed by atoms with van der Waals surface area (Å²) in [5.41, 5.74) is 0. The maximum absolute atomic E-state index is 12.6. The molecule has 3 aromatic rings. The molecule has 0 radical (unpaired) electrons. The van der Waals surface area contributed by atoms with Crippen LogP contribution in [0.15, 0.2) is 31.1 Å². The van der Waals surface area contributed by atoms with Crippen LogP contribution >= 0.6 is 0 Å². The molecular formula is C17H23N9O. The highest BCUT2D eigenvalue weighted by molar-refractivity contribution is 5.76. The first-order valence-electron chi connectivity index (χ1n) is 9.16. The van der Waals surface area contributed by atoms with Gasteiger partial charge in [0.1, 0.15) is 25.0 Å². The second-order valence-electron chi connectivity index (χ2n) is 6.82. The van der Waals surface area contributed by atoms with E-state index in [1.807, 2.05) is 33.5 Å². The molecule has 0 bridgehead atoms. The number of likely N-dealkylation sites (tertiary alicyclic amines) is 1. The number of aryl methyl sites for hydroxylation is 1. The molecule has 1 amide bonds. The minimum absolute atomic E-state index is 0.147. The van der Waals surface area contributed by atoms with Gasteiger partial charge in [-0.1, -0.05) is 0 Å². The summed E-state index contributed by atoms with van der Waals surface area (Å²) in [5, 5.41) is 17.0. The van der Waals surface area contributed by atoms with Gasteiger partial charge >= 0.3 is 0 Å². The Labute approximate surface area is 156 Å². The number of carbonyl (C=O) groups is 1. The minimum atomic E-state index is 0.147. The average Bonchev–Trinajstić information content (AvgIpc) is 3.44. The van der Waals surface area contributed by atoms with Crippen LogP contribution in [0.1, 0.15) is 36.8 Å². The van der Waals surface area contributed by atoms with E-state index >= 15 is 0 Å². The molecule has 3 aromatic heterocycles. The van der Waals surface area contributed by atoms with Crippen molar-refractivity contribution in [1.29, 1.82) is 0 Å². The topological polar surface area (TPSA) is 99.6 Å². The summed E-state index contributed by atoms with van der Waals surface area (Å²) in [4.78, 5) is 18.4. The highest BCUT2D eigenvalue weighted by atomic mass is 16.2. The second-order valence-corrected chi connectivity index (χ2v) is 6.82. The van der Waals surface area contributed by atoms with Gasteiger partial charge in [0.25, 0.3) is 0 Å². The van der Waals surface area contributed by atoms with Gasteiger partial charge in [0.2, 0.25) is 5.91 Å². The minimum Gasteiger partial charge on any atom is -0.342 e. The Kier molecular flexibility index (Phi) is 4.95. The molecule has 1 atom stereocenters. The van der Waals surface area contributed by atoms with Crippen LogP contribution in [0.25, 0.3) is 0 Å². The number of hydrogen-bond donors (Lipinski definition) is 0. The zero-order valence-corrected chi connectivity index (χ0v) is 15.3. The lowest BCUT2D eigenvalue weighted by atomic mass is 9.97. The molecule has 0 aliphatic carbocycles. The molecule has 27 heavy (non-hydrogen) atoms. The molecular weight excluding hydrogens is 346 g/mol. The van der Waals surface area contributed by atoms with Crippen molar-refractivity contribution in [3.63, 3.8) is 0 Å². The molecule has 142 valence electrons. The smallest absolute Gasteiger partial charge is 0.224 e. The Balaban J connectivity index is 1.39. The van der Waals surface area contributed by atoms with Crippen molar-refractivity contribution < 1.29 is 4.79 Å². The fraction of sp³-hybridized carbons (Fsp3) is 0.529. The van der Waals surface area contributed by atoms with Crippen LogP contribution in [0.3, 0.4) is 0 Å². The summed E-state index contributed by atoms with van der Waals surface area (Å²) >= 11 is 0. The Morgan fingerprint density at radius 2 is 2.19 bits per heavy atom. The summed E-state index contributed by atoms with van der Waals surface area (Å²) in [6.45, 7) is 2.62. The third-order valence-corrected chi connectivity index (χ3v) is 5.02. The largest absolute Gasteiger partial charge is 0.342 e. The van der Waals surface area contributed by atoms with Gasteiger partial charge in [0.05, 0.1) is 6.54 Å². The van der Waals surface area contributed by atoms with Crippen molar-refractivity contribution >= 4 is 5.91 Å². The summed E-state index contributed by atoms with van der Waals surface area (Å²) < 4.78 is 5.55. The Morgan fingerprint density at radius 1 is 1.26 bits per heavy atom. The SMILES string of the molecule is Cn1c(Cn2cccn2)nnc1[C@H]1CCCN(C(=O)CCn2cncn2)C1. The Morgan fingerprint density at radius 3 is 2.96 bits per heavy atom. The fourth-order valence-corrected chi connectivity index (χ4v) is 3.54. The Hall–Kier alpha value is -3.04. The molecule has 4 heterocycles. The van der Waals surface area contributed by atoms with Gasteiger partial charge in [-0.2, -0.15) is 10.2 Å². The quantitative estimate of drug-likeness (QED) is 0.625. The predicted molar refractivity (Wildman–Crippen MR) is 95.5 cm³/mol. The van der Waals surface area contributed by atoms with E-state index in [4.69, 9.17) is 0 Å². The van der Waals surface area contributed by atoms with Gasteiger partial charge in [0.15, 0.2) is 5.82 Å². The first-order chi connectivity index (χ1) is 13.2. The lowest BCUT2D eigenvalue weighted by Crippen LogP contribution is -2.40. The molecule has 0 N–H and O–H groups in total. The first-order valence-corrected chi connectivity index (χ1v) is 9.16. The molecule has 0 aromatic carbocycles. The van der Waals surface area contributed by atoms with E-state index in [1.54, 1.807) is 17.2 Å². The van der Waals surface area contributed by atoms with Gasteiger partial charge in [-0.05, 0) is 18.9 Å². The van der Waals surface area contributed by atoms with Crippen molar-refractivity contribution in [3.05, 3.63) is 42.8 Å². The number of hydrogen-bond acceptors (Lipinski definition) is 6. The Bertz CT molecular complexity index is 869. The lowest BCUT2D eigenvalue weighted by Gasteiger charge is -2.32. The zero-order valence-electron chi connectivity index (χ0n) is 15.3. The summed E-state index contributed by atoms with van der Waals surface area (Å²) in [6.07, 6.45) is 9.19. The van der Waals surface area contributed by atoms with Crippen molar-refractivity contribution in [2.24, 2.45) is 7.05 Å². The molecule has 4 rings (SSSR count). The van der Waals surface area contributed by atoms with Crippen molar-refractivity contribution in [3.8, 4) is 0 Å². The lowest BCUT2D eigenvalue weighted by molar-refractivity contribution is -0.132. The number of carbonyl (C=O) groups excluding carboxylic acids is 1. The molecule has 10 nitrogen and oxygen atoms in total. The highest BCUT2D eigenvalue weighted by Crippen LogP contribution is 2.26. The molecule has 10 heteroatoms. The van der Waals surface area contributed by atoms with E-state index in [0.29, 0.717) is 26.1 Å². The third-order valence-electron chi connectivity index (χ3n) is 5.02. The summed E-state index contributed by atoms with van der Waals surface area (Å²) in [6, 6.07) is 1.89.